The van der Waals surface area contributed by atoms with Gasteiger partial charge in [0.25, 0.3) is 0 Å². The van der Waals surface area contributed by atoms with Gasteiger partial charge >= 0.3 is 0 Å². The molecule has 0 spiro atoms. The Morgan fingerprint density at radius 3 is 2.74 bits per heavy atom. The fraction of sp³-hybridized carbons (Fsp3) is 0.647. The van der Waals surface area contributed by atoms with Crippen LogP contribution in [0.2, 0.25) is 0 Å². The van der Waals surface area contributed by atoms with E-state index in [0.717, 1.165) is 25.0 Å². The largest absolute Gasteiger partial charge is 0.313 e. The Morgan fingerprint density at radius 2 is 2.00 bits per heavy atom. The minimum Gasteiger partial charge on any atom is -0.313 e. The van der Waals surface area contributed by atoms with Crippen molar-refractivity contribution in [3.63, 3.8) is 0 Å². The second kappa shape index (κ2) is 5.64. The van der Waals surface area contributed by atoms with Gasteiger partial charge in [0.05, 0.1) is 0 Å². The van der Waals surface area contributed by atoms with Gasteiger partial charge in [-0.15, -0.1) is 0 Å². The third kappa shape index (κ3) is 3.01. The maximum Gasteiger partial charge on any atom is 0.0366 e. The summed E-state index contributed by atoms with van der Waals surface area (Å²) in [6, 6.07) is 10.5. The molecule has 1 aromatic rings. The highest BCUT2D eigenvalue weighted by Crippen LogP contribution is 2.38. The van der Waals surface area contributed by atoms with Gasteiger partial charge in [-0.2, -0.15) is 0 Å². The first-order chi connectivity index (χ1) is 9.25. The smallest absolute Gasteiger partial charge is 0.0366 e. The minimum absolute atomic E-state index is 0.626. The summed E-state index contributed by atoms with van der Waals surface area (Å²) in [6.45, 7) is 8.10. The van der Waals surface area contributed by atoms with Crippen molar-refractivity contribution in [2.75, 3.05) is 13.1 Å². The lowest BCUT2D eigenvalue weighted by molar-refractivity contribution is 0.159. The molecule has 1 saturated carbocycles. The molecule has 1 unspecified atom stereocenters. The van der Waals surface area contributed by atoms with Crippen molar-refractivity contribution >= 4 is 0 Å². The lowest BCUT2D eigenvalue weighted by Gasteiger charge is -2.33. The molecular formula is C17H26N2. The van der Waals surface area contributed by atoms with Crippen molar-refractivity contribution in [3.8, 4) is 0 Å². The summed E-state index contributed by atoms with van der Waals surface area (Å²) < 4.78 is 0. The summed E-state index contributed by atoms with van der Waals surface area (Å²) in [5.74, 6) is 0.754. The maximum absolute atomic E-state index is 3.57. The quantitative estimate of drug-likeness (QED) is 0.891. The van der Waals surface area contributed by atoms with Crippen molar-refractivity contribution in [2.24, 2.45) is 5.92 Å². The van der Waals surface area contributed by atoms with E-state index in [1.807, 2.05) is 0 Å². The van der Waals surface area contributed by atoms with Gasteiger partial charge in [-0.25, -0.2) is 0 Å². The molecule has 0 radical (unpaired) electrons. The molecule has 2 aliphatic rings. The van der Waals surface area contributed by atoms with Crippen LogP contribution in [0.15, 0.2) is 24.3 Å². The van der Waals surface area contributed by atoms with Gasteiger partial charge < -0.3 is 5.32 Å². The molecule has 1 heterocycles. The van der Waals surface area contributed by atoms with E-state index in [2.05, 4.69) is 48.3 Å². The Labute approximate surface area is 117 Å². The molecule has 0 amide bonds. The molecule has 2 nitrogen and oxygen atoms in total. The standard InChI is InChI=1S/C17H26N2/c1-13(2)12-19(15-7-8-15)17-9-10-18-11-14-5-3-4-6-16(14)17/h3-6,13,15,17-18H,7-12H2,1-2H3. The molecule has 19 heavy (non-hydrogen) atoms. The molecule has 1 aromatic carbocycles. The molecule has 0 bridgehead atoms. The first kappa shape index (κ1) is 13.1. The average Bonchev–Trinajstić information content (AvgIpc) is 3.23. The number of benzene rings is 1. The average molecular weight is 258 g/mol. The van der Waals surface area contributed by atoms with Gasteiger partial charge in [-0.3, -0.25) is 4.90 Å². The van der Waals surface area contributed by atoms with Gasteiger partial charge in [0.15, 0.2) is 0 Å². The highest BCUT2D eigenvalue weighted by molar-refractivity contribution is 5.31. The van der Waals surface area contributed by atoms with Crippen LogP contribution in [0.5, 0.6) is 0 Å². The van der Waals surface area contributed by atoms with Crippen molar-refractivity contribution in [1.29, 1.82) is 0 Å². The van der Waals surface area contributed by atoms with Gasteiger partial charge in [0.1, 0.15) is 0 Å². The fourth-order valence-corrected chi connectivity index (χ4v) is 3.34. The van der Waals surface area contributed by atoms with Crippen molar-refractivity contribution in [3.05, 3.63) is 35.4 Å². The highest BCUT2D eigenvalue weighted by atomic mass is 15.2. The summed E-state index contributed by atoms with van der Waals surface area (Å²) >= 11 is 0. The number of hydrogen-bond acceptors (Lipinski definition) is 2. The minimum atomic E-state index is 0.626. The fourth-order valence-electron chi connectivity index (χ4n) is 3.34. The summed E-state index contributed by atoms with van der Waals surface area (Å²) in [5, 5.41) is 3.57. The Hall–Kier alpha value is -0.860. The predicted molar refractivity (Wildman–Crippen MR) is 80.1 cm³/mol. The summed E-state index contributed by atoms with van der Waals surface area (Å²) in [6.07, 6.45) is 4.05. The number of hydrogen-bond donors (Lipinski definition) is 1. The van der Waals surface area contributed by atoms with E-state index in [0.29, 0.717) is 6.04 Å². The van der Waals surface area contributed by atoms with Crippen LogP contribution in [0.3, 0.4) is 0 Å². The van der Waals surface area contributed by atoms with Gasteiger partial charge in [-0.1, -0.05) is 38.1 Å². The van der Waals surface area contributed by atoms with E-state index in [-0.39, 0.29) is 0 Å². The lowest BCUT2D eigenvalue weighted by atomic mass is 9.97. The first-order valence-electron chi connectivity index (χ1n) is 7.80. The number of nitrogens with one attached hydrogen (secondary N) is 1. The number of fused-ring (bicyclic) bond motifs is 1. The molecule has 0 aromatic heterocycles. The third-order valence-electron chi connectivity index (χ3n) is 4.32. The predicted octanol–water partition coefficient (Wildman–Crippen LogP) is 3.34. The highest BCUT2D eigenvalue weighted by Gasteiger charge is 2.35. The van der Waals surface area contributed by atoms with Crippen molar-refractivity contribution < 1.29 is 0 Å². The van der Waals surface area contributed by atoms with Gasteiger partial charge in [0, 0.05) is 25.2 Å². The van der Waals surface area contributed by atoms with Crippen molar-refractivity contribution in [1.82, 2.24) is 10.2 Å². The lowest BCUT2D eigenvalue weighted by Crippen LogP contribution is -2.35. The molecule has 0 saturated heterocycles. The zero-order valence-corrected chi connectivity index (χ0v) is 12.2. The Bertz CT molecular complexity index is 423. The Morgan fingerprint density at radius 1 is 1.21 bits per heavy atom. The van der Waals surface area contributed by atoms with Crippen LogP contribution < -0.4 is 5.32 Å². The molecule has 1 aliphatic heterocycles. The van der Waals surface area contributed by atoms with E-state index in [4.69, 9.17) is 0 Å². The van der Waals surface area contributed by atoms with Crippen LogP contribution in [0.4, 0.5) is 0 Å². The third-order valence-corrected chi connectivity index (χ3v) is 4.32. The van der Waals surface area contributed by atoms with Gasteiger partial charge in [0.2, 0.25) is 0 Å². The van der Waals surface area contributed by atoms with E-state index in [1.54, 1.807) is 5.56 Å². The zero-order valence-electron chi connectivity index (χ0n) is 12.2. The van der Waals surface area contributed by atoms with E-state index in [1.165, 1.54) is 31.4 Å². The second-order valence-corrected chi connectivity index (χ2v) is 6.50. The maximum atomic E-state index is 3.57. The van der Waals surface area contributed by atoms with Crippen LogP contribution in [0, 0.1) is 5.92 Å². The van der Waals surface area contributed by atoms with E-state index < -0.39 is 0 Å². The summed E-state index contributed by atoms with van der Waals surface area (Å²) in [7, 11) is 0. The van der Waals surface area contributed by atoms with Crippen LogP contribution in [0.25, 0.3) is 0 Å². The molecule has 1 aliphatic carbocycles. The number of nitrogens with zero attached hydrogens (tertiary/aromatic N) is 1. The molecule has 3 rings (SSSR count). The van der Waals surface area contributed by atoms with Crippen LogP contribution in [-0.2, 0) is 6.54 Å². The zero-order chi connectivity index (χ0) is 13.2. The molecule has 2 heteroatoms. The topological polar surface area (TPSA) is 15.3 Å². The van der Waals surface area contributed by atoms with Crippen LogP contribution in [-0.4, -0.2) is 24.0 Å². The molecule has 1 N–H and O–H groups in total. The second-order valence-electron chi connectivity index (χ2n) is 6.50. The van der Waals surface area contributed by atoms with Gasteiger partial charge in [-0.05, 0) is 42.9 Å². The molecule has 1 fully saturated rings. The Balaban J connectivity index is 1.89. The monoisotopic (exact) mass is 258 g/mol. The van der Waals surface area contributed by atoms with Crippen molar-refractivity contribution in [2.45, 2.75) is 51.7 Å². The molecule has 1 atom stereocenters. The SMILES string of the molecule is CC(C)CN(C1CC1)C1CCNCc2ccccc21. The van der Waals surface area contributed by atoms with E-state index in [9.17, 15) is 0 Å². The van der Waals surface area contributed by atoms with E-state index >= 15 is 0 Å². The summed E-state index contributed by atoms with van der Waals surface area (Å²) in [5.41, 5.74) is 3.07. The normalized spacial score (nSPS) is 23.5. The molecule has 104 valence electrons. The molecular weight excluding hydrogens is 232 g/mol. The summed E-state index contributed by atoms with van der Waals surface area (Å²) in [4.78, 5) is 2.79. The Kier molecular flexibility index (Phi) is 3.90. The number of rotatable bonds is 4. The van der Waals surface area contributed by atoms with Crippen LogP contribution in [0.1, 0.15) is 50.3 Å². The van der Waals surface area contributed by atoms with Crippen LogP contribution >= 0.6 is 0 Å². The first-order valence-corrected chi connectivity index (χ1v) is 7.80.